The molecule has 2 rings (SSSR count). The highest BCUT2D eigenvalue weighted by Crippen LogP contribution is 2.21. The molecule has 0 aliphatic heterocycles. The molecule has 2 aromatic rings. The maximum Gasteiger partial charge on any atom is 0.240 e. The van der Waals surface area contributed by atoms with Crippen LogP contribution in [0.2, 0.25) is 5.02 Å². The lowest BCUT2D eigenvalue weighted by Crippen LogP contribution is -2.23. The zero-order valence-electron chi connectivity index (χ0n) is 11.6. The minimum atomic E-state index is -3.71. The van der Waals surface area contributed by atoms with Gasteiger partial charge in [0.2, 0.25) is 10.0 Å². The third-order valence-electron chi connectivity index (χ3n) is 3.12. The first-order chi connectivity index (χ1) is 9.85. The molecule has 2 N–H and O–H groups in total. The first-order valence-corrected chi connectivity index (χ1v) is 8.02. The van der Waals surface area contributed by atoms with E-state index >= 15 is 0 Å². The molecule has 0 unspecified atom stereocenters. The van der Waals surface area contributed by atoms with Gasteiger partial charge in [0, 0.05) is 17.1 Å². The van der Waals surface area contributed by atoms with Crippen molar-refractivity contribution in [1.29, 1.82) is 0 Å². The lowest BCUT2D eigenvalue weighted by molar-refractivity contribution is 0.281. The van der Waals surface area contributed by atoms with Gasteiger partial charge in [0.1, 0.15) is 5.76 Å². The summed E-state index contributed by atoms with van der Waals surface area (Å²) in [6, 6.07) is 4.17. The van der Waals surface area contributed by atoms with Crippen LogP contribution in [0.4, 0.5) is 0 Å². The third kappa shape index (κ3) is 3.44. The number of hydrogen-bond donors (Lipinski definition) is 2. The quantitative estimate of drug-likeness (QED) is 0.873. The highest BCUT2D eigenvalue weighted by Gasteiger charge is 2.18. The van der Waals surface area contributed by atoms with E-state index in [1.54, 1.807) is 13.8 Å². The van der Waals surface area contributed by atoms with Crippen molar-refractivity contribution in [3.8, 4) is 0 Å². The molecule has 0 amide bonds. The van der Waals surface area contributed by atoms with Crippen LogP contribution in [-0.2, 0) is 23.2 Å². The summed E-state index contributed by atoms with van der Waals surface area (Å²) in [5, 5.41) is 13.2. The van der Waals surface area contributed by atoms with E-state index in [0.717, 1.165) is 0 Å². The van der Waals surface area contributed by atoms with Gasteiger partial charge in [-0.05, 0) is 37.6 Å². The van der Waals surface area contributed by atoms with Gasteiger partial charge in [-0.15, -0.1) is 0 Å². The van der Waals surface area contributed by atoms with Gasteiger partial charge in [-0.25, -0.2) is 13.1 Å². The summed E-state index contributed by atoms with van der Waals surface area (Å²) in [5.74, 6) is 0.572. The van der Waals surface area contributed by atoms with Crippen molar-refractivity contribution in [2.45, 2.75) is 31.9 Å². The number of aliphatic hydroxyl groups excluding tert-OH is 1. The molecule has 0 atom stereocenters. The molecule has 21 heavy (non-hydrogen) atoms. The van der Waals surface area contributed by atoms with Crippen molar-refractivity contribution in [3.63, 3.8) is 0 Å². The van der Waals surface area contributed by atoms with Crippen molar-refractivity contribution in [3.05, 3.63) is 45.8 Å². The standard InChI is InChI=1S/C13H15ClN2O4S/c1-8-12(9(2)20-16-8)6-15-21(18,19)11-3-4-13(14)10(5-11)7-17/h3-5,15,17H,6-7H2,1-2H3. The number of nitrogens with zero attached hydrogens (tertiary/aromatic N) is 1. The fraction of sp³-hybridized carbons (Fsp3) is 0.308. The number of aliphatic hydroxyl groups is 1. The van der Waals surface area contributed by atoms with Crippen LogP contribution in [0.15, 0.2) is 27.6 Å². The zero-order valence-corrected chi connectivity index (χ0v) is 13.1. The fourth-order valence-corrected chi connectivity index (χ4v) is 3.07. The Morgan fingerprint density at radius 2 is 2.10 bits per heavy atom. The first-order valence-electron chi connectivity index (χ1n) is 6.16. The summed E-state index contributed by atoms with van der Waals surface area (Å²) >= 11 is 5.85. The van der Waals surface area contributed by atoms with E-state index in [-0.39, 0.29) is 18.0 Å². The van der Waals surface area contributed by atoms with Crippen molar-refractivity contribution >= 4 is 21.6 Å². The number of rotatable bonds is 5. The van der Waals surface area contributed by atoms with Crippen LogP contribution in [-0.4, -0.2) is 18.7 Å². The molecule has 0 spiro atoms. The minimum Gasteiger partial charge on any atom is -0.392 e. The smallest absolute Gasteiger partial charge is 0.240 e. The van der Waals surface area contributed by atoms with Crippen LogP contribution >= 0.6 is 11.6 Å². The van der Waals surface area contributed by atoms with Crippen LogP contribution in [0.1, 0.15) is 22.6 Å². The van der Waals surface area contributed by atoms with E-state index in [2.05, 4.69) is 9.88 Å². The second-order valence-corrected chi connectivity index (χ2v) is 6.71. The predicted octanol–water partition coefficient (Wildman–Crippen LogP) is 1.92. The van der Waals surface area contributed by atoms with Crippen molar-refractivity contribution in [2.75, 3.05) is 0 Å². The summed E-state index contributed by atoms with van der Waals surface area (Å²) < 4.78 is 31.9. The molecular formula is C13H15ClN2O4S. The lowest BCUT2D eigenvalue weighted by atomic mass is 10.2. The van der Waals surface area contributed by atoms with Crippen LogP contribution < -0.4 is 4.72 Å². The average Bonchev–Trinajstić information content (AvgIpc) is 2.76. The van der Waals surface area contributed by atoms with Crippen LogP contribution in [0.5, 0.6) is 0 Å². The second kappa shape index (κ2) is 6.15. The monoisotopic (exact) mass is 330 g/mol. The summed E-state index contributed by atoms with van der Waals surface area (Å²) in [5.41, 5.74) is 1.70. The molecule has 0 radical (unpaired) electrons. The van der Waals surface area contributed by atoms with E-state index in [9.17, 15) is 8.42 Å². The molecule has 114 valence electrons. The molecule has 0 bridgehead atoms. The molecule has 0 aliphatic rings. The molecular weight excluding hydrogens is 316 g/mol. The Hall–Kier alpha value is -1.41. The molecule has 0 fully saturated rings. The molecule has 6 nitrogen and oxygen atoms in total. The fourth-order valence-electron chi connectivity index (χ4n) is 1.84. The maximum absolute atomic E-state index is 12.2. The number of aryl methyl sites for hydroxylation is 2. The first kappa shape index (κ1) is 16.0. The molecule has 0 saturated heterocycles. The molecule has 8 heteroatoms. The predicted molar refractivity (Wildman–Crippen MR) is 77.4 cm³/mol. The molecule has 0 aliphatic carbocycles. The number of aromatic nitrogens is 1. The van der Waals surface area contributed by atoms with Gasteiger partial charge >= 0.3 is 0 Å². The van der Waals surface area contributed by atoms with Gasteiger partial charge in [-0.2, -0.15) is 0 Å². The van der Waals surface area contributed by atoms with Crippen LogP contribution in [0.25, 0.3) is 0 Å². The van der Waals surface area contributed by atoms with Gasteiger partial charge in [0.05, 0.1) is 17.2 Å². The summed E-state index contributed by atoms with van der Waals surface area (Å²) in [7, 11) is -3.71. The zero-order chi connectivity index (χ0) is 15.6. The Kier molecular flexibility index (Phi) is 4.67. The van der Waals surface area contributed by atoms with Gasteiger partial charge in [-0.1, -0.05) is 16.8 Å². The Morgan fingerprint density at radius 3 is 2.67 bits per heavy atom. The maximum atomic E-state index is 12.2. The summed E-state index contributed by atoms with van der Waals surface area (Å²) in [4.78, 5) is 0.0442. The topological polar surface area (TPSA) is 92.4 Å². The second-order valence-electron chi connectivity index (χ2n) is 4.54. The third-order valence-corrected chi connectivity index (χ3v) is 4.89. The number of halogens is 1. The van der Waals surface area contributed by atoms with Gasteiger partial charge < -0.3 is 9.63 Å². The van der Waals surface area contributed by atoms with E-state index in [0.29, 0.717) is 27.6 Å². The van der Waals surface area contributed by atoms with Crippen LogP contribution in [0.3, 0.4) is 0 Å². The number of sulfonamides is 1. The number of benzene rings is 1. The number of hydrogen-bond acceptors (Lipinski definition) is 5. The molecule has 1 aromatic carbocycles. The molecule has 1 aromatic heterocycles. The highest BCUT2D eigenvalue weighted by molar-refractivity contribution is 7.89. The van der Waals surface area contributed by atoms with Crippen molar-refractivity contribution in [2.24, 2.45) is 0 Å². The average molecular weight is 331 g/mol. The lowest BCUT2D eigenvalue weighted by Gasteiger charge is -2.08. The van der Waals surface area contributed by atoms with E-state index < -0.39 is 10.0 Å². The Balaban J connectivity index is 2.23. The largest absolute Gasteiger partial charge is 0.392 e. The Labute approximate surface area is 127 Å². The Bertz CT molecular complexity index is 736. The minimum absolute atomic E-state index is 0.0442. The van der Waals surface area contributed by atoms with Crippen LogP contribution in [0, 0.1) is 13.8 Å². The SMILES string of the molecule is Cc1noc(C)c1CNS(=O)(=O)c1ccc(Cl)c(CO)c1. The van der Waals surface area contributed by atoms with Gasteiger partial charge in [-0.3, -0.25) is 0 Å². The Morgan fingerprint density at radius 1 is 1.38 bits per heavy atom. The van der Waals surface area contributed by atoms with Crippen molar-refractivity contribution in [1.82, 2.24) is 9.88 Å². The number of nitrogens with one attached hydrogen (secondary N) is 1. The molecule has 0 saturated carbocycles. The van der Waals surface area contributed by atoms with Crippen molar-refractivity contribution < 1.29 is 18.0 Å². The van der Waals surface area contributed by atoms with Gasteiger partial charge in [0.25, 0.3) is 0 Å². The molecule has 1 heterocycles. The van der Waals surface area contributed by atoms with Gasteiger partial charge in [0.15, 0.2) is 0 Å². The van der Waals surface area contributed by atoms with E-state index in [1.807, 2.05) is 0 Å². The van der Waals surface area contributed by atoms with E-state index in [4.69, 9.17) is 21.2 Å². The summed E-state index contributed by atoms with van der Waals surface area (Å²) in [6.45, 7) is 3.22. The normalized spacial score (nSPS) is 11.8. The van der Waals surface area contributed by atoms with E-state index in [1.165, 1.54) is 18.2 Å². The highest BCUT2D eigenvalue weighted by atomic mass is 35.5. The summed E-state index contributed by atoms with van der Waals surface area (Å²) in [6.07, 6.45) is 0.